The number of nitrogens with zero attached hydrogens (tertiary/aromatic N) is 1. The number of amides is 3. The SMILES string of the molecule is C[C@@H](C(=O)Nc1ccc(Cl)cc1F)N1C(=O)c2cc(Cl)c(Cl)cc2C1=O. The summed E-state index contributed by atoms with van der Waals surface area (Å²) in [5, 5.41) is 2.74. The van der Waals surface area contributed by atoms with Crippen molar-refractivity contribution in [2.24, 2.45) is 0 Å². The molecule has 0 aliphatic carbocycles. The maximum absolute atomic E-state index is 13.8. The Kier molecular flexibility index (Phi) is 4.92. The number of benzene rings is 2. The standard InChI is InChI=1S/C17H10Cl3FN2O3/c1-7(15(24)22-14-3-2-8(18)4-13(14)21)23-16(25)9-5-11(19)12(20)6-10(9)17(23)26/h2-7H,1H3,(H,22,24)/t7-/m0/s1. The molecule has 3 rings (SSSR count). The fourth-order valence-electron chi connectivity index (χ4n) is 2.55. The first-order valence-electron chi connectivity index (χ1n) is 7.33. The molecule has 2 aromatic carbocycles. The van der Waals surface area contributed by atoms with Crippen molar-refractivity contribution in [2.45, 2.75) is 13.0 Å². The Bertz CT molecular complexity index is 924. The summed E-state index contributed by atoms with van der Waals surface area (Å²) < 4.78 is 13.8. The molecule has 1 heterocycles. The van der Waals surface area contributed by atoms with Crippen LogP contribution >= 0.6 is 34.8 Å². The highest BCUT2D eigenvalue weighted by atomic mass is 35.5. The number of hydrogen-bond acceptors (Lipinski definition) is 3. The van der Waals surface area contributed by atoms with Gasteiger partial charge in [0.2, 0.25) is 5.91 Å². The second kappa shape index (κ2) is 6.87. The van der Waals surface area contributed by atoms with Crippen molar-refractivity contribution in [1.82, 2.24) is 4.90 Å². The van der Waals surface area contributed by atoms with E-state index in [-0.39, 0.29) is 31.9 Å². The summed E-state index contributed by atoms with van der Waals surface area (Å²) >= 11 is 17.4. The van der Waals surface area contributed by atoms with Crippen molar-refractivity contribution in [1.29, 1.82) is 0 Å². The van der Waals surface area contributed by atoms with Gasteiger partial charge in [-0.25, -0.2) is 4.39 Å². The number of fused-ring (bicyclic) bond motifs is 1. The predicted molar refractivity (Wildman–Crippen MR) is 96.5 cm³/mol. The molecule has 0 saturated carbocycles. The summed E-state index contributed by atoms with van der Waals surface area (Å²) in [6, 6.07) is 5.09. The molecule has 1 aliphatic rings. The zero-order valence-corrected chi connectivity index (χ0v) is 15.4. The van der Waals surface area contributed by atoms with Gasteiger partial charge in [-0.1, -0.05) is 34.8 Å². The number of rotatable bonds is 3. The van der Waals surface area contributed by atoms with Crippen LogP contribution in [-0.4, -0.2) is 28.7 Å². The van der Waals surface area contributed by atoms with Crippen molar-refractivity contribution < 1.29 is 18.8 Å². The number of imide groups is 1. The van der Waals surface area contributed by atoms with Gasteiger partial charge in [0, 0.05) is 5.02 Å². The fraction of sp³-hybridized carbons (Fsp3) is 0.118. The summed E-state index contributed by atoms with van der Waals surface area (Å²) in [5.74, 6) is -2.83. The van der Waals surface area contributed by atoms with Gasteiger partial charge in [-0.3, -0.25) is 19.3 Å². The fourth-order valence-corrected chi connectivity index (χ4v) is 3.04. The van der Waals surface area contributed by atoms with Crippen LogP contribution in [0.3, 0.4) is 0 Å². The van der Waals surface area contributed by atoms with Crippen molar-refractivity contribution in [3.05, 3.63) is 62.3 Å². The normalized spacial score (nSPS) is 14.4. The Balaban J connectivity index is 1.86. The molecule has 9 heteroatoms. The molecule has 0 aromatic heterocycles. The molecule has 0 bridgehead atoms. The summed E-state index contributed by atoms with van der Waals surface area (Å²) in [5.41, 5.74) is -0.00241. The first kappa shape index (κ1) is 18.6. The predicted octanol–water partition coefficient (Wildman–Crippen LogP) is 4.41. The number of carbonyl (C=O) groups is 3. The Morgan fingerprint density at radius 3 is 2.08 bits per heavy atom. The van der Waals surface area contributed by atoms with Crippen LogP contribution in [0.15, 0.2) is 30.3 Å². The van der Waals surface area contributed by atoms with Gasteiger partial charge in [0.25, 0.3) is 11.8 Å². The minimum absolute atomic E-state index is 0.0572. The number of nitrogens with one attached hydrogen (secondary N) is 1. The molecule has 0 radical (unpaired) electrons. The second-order valence-corrected chi connectivity index (χ2v) is 6.83. The van der Waals surface area contributed by atoms with Gasteiger partial charge in [0.1, 0.15) is 11.9 Å². The Morgan fingerprint density at radius 2 is 1.58 bits per heavy atom. The van der Waals surface area contributed by atoms with E-state index in [1.165, 1.54) is 31.2 Å². The number of hydrogen-bond donors (Lipinski definition) is 1. The van der Waals surface area contributed by atoms with Crippen LogP contribution in [0.1, 0.15) is 27.6 Å². The molecule has 1 N–H and O–H groups in total. The molecule has 26 heavy (non-hydrogen) atoms. The topological polar surface area (TPSA) is 66.5 Å². The largest absolute Gasteiger partial charge is 0.322 e. The molecule has 0 fully saturated rings. The molecule has 0 unspecified atom stereocenters. The lowest BCUT2D eigenvalue weighted by molar-refractivity contribution is -0.119. The number of halogens is 4. The van der Waals surface area contributed by atoms with Crippen LogP contribution in [0.25, 0.3) is 0 Å². The van der Waals surface area contributed by atoms with Gasteiger partial charge in [0.15, 0.2) is 0 Å². The van der Waals surface area contributed by atoms with E-state index < -0.39 is 29.6 Å². The van der Waals surface area contributed by atoms with E-state index in [0.29, 0.717) is 0 Å². The van der Waals surface area contributed by atoms with E-state index in [1.54, 1.807) is 0 Å². The molecular formula is C17H10Cl3FN2O3. The monoisotopic (exact) mass is 414 g/mol. The Hall–Kier alpha value is -2.15. The average molecular weight is 416 g/mol. The van der Waals surface area contributed by atoms with Gasteiger partial charge in [0.05, 0.1) is 26.9 Å². The van der Waals surface area contributed by atoms with Crippen LogP contribution < -0.4 is 5.32 Å². The van der Waals surface area contributed by atoms with Crippen LogP contribution in [0, 0.1) is 5.82 Å². The van der Waals surface area contributed by atoms with Gasteiger partial charge in [-0.05, 0) is 37.3 Å². The van der Waals surface area contributed by atoms with Gasteiger partial charge < -0.3 is 5.32 Å². The highest BCUT2D eigenvalue weighted by Crippen LogP contribution is 2.32. The Morgan fingerprint density at radius 1 is 1.04 bits per heavy atom. The lowest BCUT2D eigenvalue weighted by Crippen LogP contribution is -2.45. The molecule has 3 amide bonds. The Labute approximate surface area is 162 Å². The third-order valence-electron chi connectivity index (χ3n) is 3.91. The first-order chi connectivity index (χ1) is 12.2. The average Bonchev–Trinajstić information content (AvgIpc) is 2.81. The molecule has 1 aliphatic heterocycles. The minimum Gasteiger partial charge on any atom is -0.322 e. The van der Waals surface area contributed by atoms with Crippen LogP contribution in [0.2, 0.25) is 15.1 Å². The zero-order valence-electron chi connectivity index (χ0n) is 13.1. The maximum atomic E-state index is 13.8. The van der Waals surface area contributed by atoms with Gasteiger partial charge >= 0.3 is 0 Å². The lowest BCUT2D eigenvalue weighted by Gasteiger charge is -2.21. The van der Waals surface area contributed by atoms with E-state index in [4.69, 9.17) is 34.8 Å². The molecule has 0 spiro atoms. The molecule has 134 valence electrons. The van der Waals surface area contributed by atoms with Gasteiger partial charge in [-0.15, -0.1) is 0 Å². The van der Waals surface area contributed by atoms with E-state index in [1.807, 2.05) is 0 Å². The van der Waals surface area contributed by atoms with Crippen LogP contribution in [-0.2, 0) is 4.79 Å². The molecule has 0 saturated heterocycles. The van der Waals surface area contributed by atoms with E-state index >= 15 is 0 Å². The van der Waals surface area contributed by atoms with Gasteiger partial charge in [-0.2, -0.15) is 0 Å². The van der Waals surface area contributed by atoms with Crippen LogP contribution in [0.4, 0.5) is 10.1 Å². The highest BCUT2D eigenvalue weighted by Gasteiger charge is 2.41. The quantitative estimate of drug-likeness (QED) is 0.755. The molecular weight excluding hydrogens is 406 g/mol. The summed E-state index contributed by atoms with van der Waals surface area (Å²) in [6.07, 6.45) is 0. The van der Waals surface area contributed by atoms with Crippen LogP contribution in [0.5, 0.6) is 0 Å². The first-order valence-corrected chi connectivity index (χ1v) is 8.47. The molecule has 5 nitrogen and oxygen atoms in total. The maximum Gasteiger partial charge on any atom is 0.262 e. The van der Waals surface area contributed by atoms with Crippen molar-refractivity contribution in [2.75, 3.05) is 5.32 Å². The summed E-state index contributed by atoms with van der Waals surface area (Å²) in [7, 11) is 0. The van der Waals surface area contributed by atoms with E-state index in [0.717, 1.165) is 11.0 Å². The second-order valence-electron chi connectivity index (χ2n) is 5.58. The lowest BCUT2D eigenvalue weighted by atomic mass is 10.1. The van der Waals surface area contributed by atoms with E-state index in [2.05, 4.69) is 5.32 Å². The minimum atomic E-state index is -1.19. The zero-order chi connectivity index (χ0) is 19.2. The highest BCUT2D eigenvalue weighted by molar-refractivity contribution is 6.43. The third-order valence-corrected chi connectivity index (χ3v) is 4.87. The molecule has 1 atom stereocenters. The number of anilines is 1. The van der Waals surface area contributed by atoms with Crippen molar-refractivity contribution >= 4 is 58.2 Å². The number of carbonyl (C=O) groups excluding carboxylic acids is 3. The summed E-state index contributed by atoms with van der Waals surface area (Å²) in [6.45, 7) is 1.36. The van der Waals surface area contributed by atoms with Crippen molar-refractivity contribution in [3.63, 3.8) is 0 Å². The third kappa shape index (κ3) is 3.16. The van der Waals surface area contributed by atoms with Crippen molar-refractivity contribution in [3.8, 4) is 0 Å². The van der Waals surface area contributed by atoms with E-state index in [9.17, 15) is 18.8 Å². The smallest absolute Gasteiger partial charge is 0.262 e. The summed E-state index contributed by atoms with van der Waals surface area (Å²) in [4.78, 5) is 38.2. The molecule has 2 aromatic rings.